The first-order valence-electron chi connectivity index (χ1n) is 9.85. The van der Waals surface area contributed by atoms with Crippen molar-refractivity contribution in [2.75, 3.05) is 4.90 Å². The zero-order valence-electron chi connectivity index (χ0n) is 17.4. The second kappa shape index (κ2) is 8.27. The van der Waals surface area contributed by atoms with E-state index in [1.165, 1.54) is 42.5 Å². The molecule has 1 heterocycles. The molecule has 4 rings (SSSR count). The lowest BCUT2D eigenvalue weighted by molar-refractivity contribution is -0.132. The minimum Gasteiger partial charge on any atom is -0.507 e. The normalized spacial score (nSPS) is 18.0. The number of aliphatic hydroxyl groups excluding tert-OH is 1. The Balaban J connectivity index is 1.94. The number of amides is 1. The molecule has 33 heavy (non-hydrogen) atoms. The molecular formula is C24H19FN2O5S. The average Bonchev–Trinajstić information content (AvgIpc) is 3.04. The lowest BCUT2D eigenvalue weighted by Crippen LogP contribution is -2.30. The fraction of sp³-hybridized carbons (Fsp3) is 0.0833. The minimum absolute atomic E-state index is 0.000819. The Kier molecular flexibility index (Phi) is 5.61. The number of carbonyl (C=O) groups excluding carboxylic acids is 2. The summed E-state index contributed by atoms with van der Waals surface area (Å²) in [7, 11) is -3.98. The van der Waals surface area contributed by atoms with E-state index in [9.17, 15) is 27.5 Å². The van der Waals surface area contributed by atoms with Crippen molar-refractivity contribution in [2.45, 2.75) is 17.9 Å². The first-order chi connectivity index (χ1) is 15.6. The predicted octanol–water partition coefficient (Wildman–Crippen LogP) is 3.41. The molecule has 1 fully saturated rings. The second-order valence-corrected chi connectivity index (χ2v) is 9.16. The highest BCUT2D eigenvalue weighted by Crippen LogP contribution is 2.43. The van der Waals surface area contributed by atoms with E-state index in [2.05, 4.69) is 0 Å². The van der Waals surface area contributed by atoms with Gasteiger partial charge in [-0.1, -0.05) is 48.0 Å². The monoisotopic (exact) mass is 466 g/mol. The minimum atomic E-state index is -3.98. The summed E-state index contributed by atoms with van der Waals surface area (Å²) in [4.78, 5) is 26.9. The van der Waals surface area contributed by atoms with Gasteiger partial charge in [-0.05, 0) is 37.3 Å². The maximum Gasteiger partial charge on any atom is 0.300 e. The van der Waals surface area contributed by atoms with E-state index < -0.39 is 39.3 Å². The maximum absolute atomic E-state index is 14.8. The number of sulfonamides is 1. The zero-order chi connectivity index (χ0) is 23.9. The number of hydrogen-bond acceptors (Lipinski definition) is 5. The second-order valence-electron chi connectivity index (χ2n) is 7.60. The van der Waals surface area contributed by atoms with Crippen LogP contribution in [-0.4, -0.2) is 25.2 Å². The fourth-order valence-corrected chi connectivity index (χ4v) is 4.27. The van der Waals surface area contributed by atoms with Crippen molar-refractivity contribution in [3.63, 3.8) is 0 Å². The molecule has 1 atom stereocenters. The Labute approximate surface area is 189 Å². The Hall–Kier alpha value is -3.82. The maximum atomic E-state index is 14.8. The van der Waals surface area contributed by atoms with Crippen LogP contribution in [0.3, 0.4) is 0 Å². The molecule has 0 spiro atoms. The van der Waals surface area contributed by atoms with Gasteiger partial charge in [-0.15, -0.1) is 0 Å². The third kappa shape index (κ3) is 4.04. The van der Waals surface area contributed by atoms with E-state index in [-0.39, 0.29) is 21.7 Å². The topological polar surface area (TPSA) is 118 Å². The lowest BCUT2D eigenvalue weighted by atomic mass is 9.94. The number of hydrogen-bond donors (Lipinski definition) is 2. The van der Waals surface area contributed by atoms with Gasteiger partial charge in [-0.3, -0.25) is 14.5 Å². The summed E-state index contributed by atoms with van der Waals surface area (Å²) in [5, 5.41) is 16.1. The van der Waals surface area contributed by atoms with Gasteiger partial charge in [0.05, 0.1) is 16.5 Å². The number of Topliss-reactive ketones (excluding diaryl/α,β-unsaturated/α-hetero) is 1. The van der Waals surface area contributed by atoms with Crippen molar-refractivity contribution in [3.05, 3.63) is 101 Å². The van der Waals surface area contributed by atoms with Crippen molar-refractivity contribution in [3.8, 4) is 0 Å². The third-order valence-corrected chi connectivity index (χ3v) is 6.34. The summed E-state index contributed by atoms with van der Waals surface area (Å²) in [5.74, 6) is -3.09. The Morgan fingerprint density at radius 2 is 1.58 bits per heavy atom. The molecule has 0 aliphatic carbocycles. The number of anilines is 1. The highest BCUT2D eigenvalue weighted by Gasteiger charge is 2.47. The molecule has 168 valence electrons. The van der Waals surface area contributed by atoms with Crippen LogP contribution in [0.2, 0.25) is 0 Å². The highest BCUT2D eigenvalue weighted by atomic mass is 32.2. The molecule has 3 N–H and O–H groups in total. The lowest BCUT2D eigenvalue weighted by Gasteiger charge is -2.25. The summed E-state index contributed by atoms with van der Waals surface area (Å²) in [6.45, 7) is 1.85. The first-order valence-corrected chi connectivity index (χ1v) is 11.4. The third-order valence-electron chi connectivity index (χ3n) is 5.41. The van der Waals surface area contributed by atoms with Crippen LogP contribution >= 0.6 is 0 Å². The molecule has 1 saturated heterocycles. The van der Waals surface area contributed by atoms with Crippen LogP contribution in [0.4, 0.5) is 10.1 Å². The molecule has 0 saturated carbocycles. The van der Waals surface area contributed by atoms with Gasteiger partial charge in [0.1, 0.15) is 11.6 Å². The van der Waals surface area contributed by atoms with Crippen molar-refractivity contribution in [1.82, 2.24) is 0 Å². The number of nitrogens with zero attached hydrogens (tertiary/aromatic N) is 1. The van der Waals surface area contributed by atoms with E-state index in [4.69, 9.17) is 5.14 Å². The zero-order valence-corrected chi connectivity index (χ0v) is 18.2. The molecule has 0 aromatic heterocycles. The van der Waals surface area contributed by atoms with Crippen LogP contribution in [0.1, 0.15) is 22.7 Å². The molecule has 3 aromatic rings. The molecule has 1 amide bonds. The van der Waals surface area contributed by atoms with E-state index in [1.54, 1.807) is 30.3 Å². The van der Waals surface area contributed by atoms with Gasteiger partial charge in [0, 0.05) is 16.8 Å². The molecule has 0 bridgehead atoms. The van der Waals surface area contributed by atoms with E-state index >= 15 is 0 Å². The van der Waals surface area contributed by atoms with Crippen molar-refractivity contribution in [2.24, 2.45) is 5.14 Å². The van der Waals surface area contributed by atoms with Crippen LogP contribution in [0.5, 0.6) is 0 Å². The van der Waals surface area contributed by atoms with Crippen molar-refractivity contribution in [1.29, 1.82) is 0 Å². The standard InChI is InChI=1S/C24H19FN2O5S/c1-14-6-8-15(9-7-14)22(28)20-21(18-4-2-3-5-19(18)25)27(24(30)23(20)29)16-10-12-17(13-11-16)33(26,31)32/h2-13,21,28H,1H3,(H2,26,31,32)/t21-/m0/s1. The van der Waals surface area contributed by atoms with E-state index in [0.717, 1.165) is 10.5 Å². The van der Waals surface area contributed by atoms with Crippen molar-refractivity contribution < 1.29 is 27.5 Å². The van der Waals surface area contributed by atoms with Gasteiger partial charge in [0.15, 0.2) is 0 Å². The summed E-state index contributed by atoms with van der Waals surface area (Å²) in [5.41, 5.74) is 1.09. The van der Waals surface area contributed by atoms with Gasteiger partial charge in [-0.25, -0.2) is 17.9 Å². The molecule has 3 aromatic carbocycles. The summed E-state index contributed by atoms with van der Waals surface area (Å²) >= 11 is 0. The van der Waals surface area contributed by atoms with Crippen LogP contribution in [0.25, 0.3) is 5.76 Å². The molecular weight excluding hydrogens is 447 g/mol. The molecule has 0 radical (unpaired) electrons. The summed E-state index contributed by atoms with van der Waals surface area (Å²) in [6, 6.07) is 16.0. The summed E-state index contributed by atoms with van der Waals surface area (Å²) < 4.78 is 38.0. The Morgan fingerprint density at radius 3 is 2.15 bits per heavy atom. The fourth-order valence-electron chi connectivity index (χ4n) is 3.75. The number of ketones is 1. The number of aliphatic hydroxyl groups is 1. The average molecular weight is 466 g/mol. The van der Waals surface area contributed by atoms with Crippen molar-refractivity contribution >= 4 is 33.2 Å². The predicted molar refractivity (Wildman–Crippen MR) is 120 cm³/mol. The van der Waals surface area contributed by atoms with Gasteiger partial charge >= 0.3 is 0 Å². The number of rotatable bonds is 4. The van der Waals surface area contributed by atoms with Crippen LogP contribution in [0, 0.1) is 12.7 Å². The Morgan fingerprint density at radius 1 is 0.970 bits per heavy atom. The largest absolute Gasteiger partial charge is 0.507 e. The van der Waals surface area contributed by atoms with Gasteiger partial charge in [-0.2, -0.15) is 0 Å². The quantitative estimate of drug-likeness (QED) is 0.347. The SMILES string of the molecule is Cc1ccc(C(O)=C2C(=O)C(=O)N(c3ccc(S(N)(=O)=O)cc3)[C@H]2c2ccccc2F)cc1. The molecule has 7 nitrogen and oxygen atoms in total. The van der Waals surface area contributed by atoms with Gasteiger partial charge in [0.25, 0.3) is 11.7 Å². The number of nitrogens with two attached hydrogens (primary N) is 1. The molecule has 0 unspecified atom stereocenters. The Bertz CT molecular complexity index is 1400. The van der Waals surface area contributed by atoms with Gasteiger partial charge < -0.3 is 5.11 Å². The van der Waals surface area contributed by atoms with E-state index in [1.807, 2.05) is 6.92 Å². The number of primary sulfonamides is 1. The van der Waals surface area contributed by atoms with Crippen LogP contribution in [-0.2, 0) is 19.6 Å². The summed E-state index contributed by atoms with van der Waals surface area (Å²) in [6.07, 6.45) is 0. The van der Waals surface area contributed by atoms with Crippen LogP contribution < -0.4 is 10.0 Å². The van der Waals surface area contributed by atoms with E-state index in [0.29, 0.717) is 5.56 Å². The first kappa shape index (κ1) is 22.4. The van der Waals surface area contributed by atoms with Gasteiger partial charge in [0.2, 0.25) is 10.0 Å². The number of halogens is 1. The molecule has 9 heteroatoms. The smallest absolute Gasteiger partial charge is 0.300 e. The number of benzene rings is 3. The molecule has 1 aliphatic heterocycles. The number of carbonyl (C=O) groups is 2. The number of aryl methyl sites for hydroxylation is 1. The molecule has 1 aliphatic rings. The highest BCUT2D eigenvalue weighted by molar-refractivity contribution is 7.89. The van der Waals surface area contributed by atoms with Crippen LogP contribution in [0.15, 0.2) is 83.3 Å².